The van der Waals surface area contributed by atoms with Gasteiger partial charge in [0.1, 0.15) is 11.8 Å². The van der Waals surface area contributed by atoms with Gasteiger partial charge in [-0.3, -0.25) is 9.59 Å². The molecule has 0 spiro atoms. The summed E-state index contributed by atoms with van der Waals surface area (Å²) in [6.07, 6.45) is 5.28. The minimum Gasteiger partial charge on any atom is -0.507 e. The third kappa shape index (κ3) is 6.40. The molecule has 5 heteroatoms. The number of rotatable bonds is 10. The summed E-state index contributed by atoms with van der Waals surface area (Å²) in [5.41, 5.74) is 5.79. The summed E-state index contributed by atoms with van der Waals surface area (Å²) in [5.74, 6) is -0.963. The molecule has 0 saturated carbocycles. The molecule has 1 aromatic carbocycles. The Balaban J connectivity index is 2.11. The number of ketones is 1. The monoisotopic (exact) mass is 293 g/mol. The number of carbonyl (C=O) groups excluding carboxylic acids is 1. The highest BCUT2D eigenvalue weighted by Gasteiger charge is 2.11. The predicted octanol–water partition coefficient (Wildman–Crippen LogP) is 2.72. The largest absolute Gasteiger partial charge is 0.507 e. The minimum absolute atomic E-state index is 0.0326. The highest BCUT2D eigenvalue weighted by atomic mass is 16.4. The number of phenolic OH excluding ortho intramolecular Hbond substituents is 1. The van der Waals surface area contributed by atoms with Gasteiger partial charge in [0, 0.05) is 6.42 Å². The van der Waals surface area contributed by atoms with Crippen molar-refractivity contribution in [3.05, 3.63) is 29.8 Å². The van der Waals surface area contributed by atoms with Crippen LogP contribution in [0.1, 0.15) is 55.3 Å². The molecule has 0 aromatic heterocycles. The lowest BCUT2D eigenvalue weighted by Gasteiger charge is -2.06. The zero-order chi connectivity index (χ0) is 15.7. The van der Waals surface area contributed by atoms with E-state index in [4.69, 9.17) is 10.8 Å². The van der Waals surface area contributed by atoms with Crippen molar-refractivity contribution in [1.29, 1.82) is 0 Å². The number of carbonyl (C=O) groups is 2. The Hall–Kier alpha value is -1.88. The maximum Gasteiger partial charge on any atom is 0.320 e. The number of nitrogens with two attached hydrogens (primary N) is 1. The van der Waals surface area contributed by atoms with E-state index < -0.39 is 12.0 Å². The molecular weight excluding hydrogens is 270 g/mol. The Morgan fingerprint density at radius 2 is 1.67 bits per heavy atom. The van der Waals surface area contributed by atoms with Crippen LogP contribution in [-0.4, -0.2) is 28.0 Å². The van der Waals surface area contributed by atoms with E-state index in [9.17, 15) is 14.7 Å². The molecule has 0 amide bonds. The molecule has 0 radical (unpaired) electrons. The van der Waals surface area contributed by atoms with Crippen LogP contribution in [0.15, 0.2) is 24.3 Å². The van der Waals surface area contributed by atoms with Crippen LogP contribution >= 0.6 is 0 Å². The number of aliphatic carboxylic acids is 1. The normalized spacial score (nSPS) is 12.0. The van der Waals surface area contributed by atoms with Gasteiger partial charge in [-0.25, -0.2) is 0 Å². The quantitative estimate of drug-likeness (QED) is 0.455. The van der Waals surface area contributed by atoms with Crippen LogP contribution in [0.2, 0.25) is 0 Å². The van der Waals surface area contributed by atoms with E-state index in [0.717, 1.165) is 32.1 Å². The lowest BCUT2D eigenvalue weighted by Crippen LogP contribution is -2.29. The SMILES string of the molecule is NC(CCCCCCCC(=O)c1ccccc1O)C(=O)O. The molecule has 21 heavy (non-hydrogen) atoms. The molecule has 0 aliphatic carbocycles. The van der Waals surface area contributed by atoms with Crippen molar-refractivity contribution >= 4 is 11.8 Å². The second kappa shape index (κ2) is 9.13. The smallest absolute Gasteiger partial charge is 0.320 e. The molecule has 4 N–H and O–H groups in total. The molecule has 1 aromatic rings. The van der Waals surface area contributed by atoms with Crippen LogP contribution in [0.4, 0.5) is 0 Å². The predicted molar refractivity (Wildman–Crippen MR) is 80.4 cm³/mol. The number of Topliss-reactive ketones (excluding diaryl/α,β-unsaturated/α-hetero) is 1. The maximum atomic E-state index is 11.9. The highest BCUT2D eigenvalue weighted by Crippen LogP contribution is 2.19. The lowest BCUT2D eigenvalue weighted by molar-refractivity contribution is -0.138. The van der Waals surface area contributed by atoms with Crippen LogP contribution in [0.5, 0.6) is 5.75 Å². The number of phenols is 1. The molecule has 116 valence electrons. The van der Waals surface area contributed by atoms with Gasteiger partial charge in [0.2, 0.25) is 0 Å². The Labute approximate surface area is 124 Å². The van der Waals surface area contributed by atoms with Crippen LogP contribution in [0.3, 0.4) is 0 Å². The molecule has 0 fully saturated rings. The van der Waals surface area contributed by atoms with Crippen molar-refractivity contribution in [3.8, 4) is 5.75 Å². The first kappa shape index (κ1) is 17.2. The third-order valence-corrected chi connectivity index (χ3v) is 3.44. The molecule has 1 unspecified atom stereocenters. The number of para-hydroxylation sites is 1. The van der Waals surface area contributed by atoms with E-state index >= 15 is 0 Å². The molecule has 1 atom stereocenters. The maximum absolute atomic E-state index is 11.9. The Bertz CT molecular complexity index is 473. The number of carboxylic acid groups (broad SMARTS) is 1. The van der Waals surface area contributed by atoms with Gasteiger partial charge in [-0.15, -0.1) is 0 Å². The van der Waals surface area contributed by atoms with E-state index in [1.165, 1.54) is 6.07 Å². The number of aromatic hydroxyl groups is 1. The first-order chi connectivity index (χ1) is 10.0. The number of benzene rings is 1. The van der Waals surface area contributed by atoms with Crippen molar-refractivity contribution < 1.29 is 19.8 Å². The number of hydrogen-bond acceptors (Lipinski definition) is 4. The molecule has 0 aliphatic rings. The van der Waals surface area contributed by atoms with Crippen LogP contribution in [-0.2, 0) is 4.79 Å². The van der Waals surface area contributed by atoms with Crippen molar-refractivity contribution in [2.45, 2.75) is 51.0 Å². The Morgan fingerprint density at radius 1 is 1.05 bits per heavy atom. The fourth-order valence-electron chi connectivity index (χ4n) is 2.15. The van der Waals surface area contributed by atoms with Gasteiger partial charge in [-0.1, -0.05) is 37.8 Å². The summed E-state index contributed by atoms with van der Waals surface area (Å²) >= 11 is 0. The van der Waals surface area contributed by atoms with E-state index in [1.807, 2.05) is 0 Å². The molecule has 0 saturated heterocycles. The minimum atomic E-state index is -0.955. The topological polar surface area (TPSA) is 101 Å². The van der Waals surface area contributed by atoms with Crippen LogP contribution in [0, 0.1) is 0 Å². The zero-order valence-corrected chi connectivity index (χ0v) is 12.1. The summed E-state index contributed by atoms with van der Waals surface area (Å²) in [6.45, 7) is 0. The molecule has 0 heterocycles. The number of carboxylic acids is 1. The van der Waals surface area contributed by atoms with Gasteiger partial charge in [0.15, 0.2) is 5.78 Å². The average Bonchev–Trinajstić information content (AvgIpc) is 2.46. The van der Waals surface area contributed by atoms with Crippen molar-refractivity contribution in [2.75, 3.05) is 0 Å². The average molecular weight is 293 g/mol. The summed E-state index contributed by atoms with van der Waals surface area (Å²) < 4.78 is 0. The molecular formula is C16H23NO4. The summed E-state index contributed by atoms with van der Waals surface area (Å²) in [5, 5.41) is 18.2. The second-order valence-corrected chi connectivity index (χ2v) is 5.19. The fourth-order valence-corrected chi connectivity index (χ4v) is 2.15. The van der Waals surface area contributed by atoms with Crippen molar-refractivity contribution in [2.24, 2.45) is 5.73 Å². The van der Waals surface area contributed by atoms with E-state index in [-0.39, 0.29) is 11.5 Å². The van der Waals surface area contributed by atoms with Gasteiger partial charge in [-0.05, 0) is 25.0 Å². The zero-order valence-electron chi connectivity index (χ0n) is 12.1. The Kier molecular flexibility index (Phi) is 7.46. The van der Waals surface area contributed by atoms with E-state index in [0.29, 0.717) is 18.4 Å². The summed E-state index contributed by atoms with van der Waals surface area (Å²) in [6, 6.07) is 5.80. The van der Waals surface area contributed by atoms with E-state index in [1.54, 1.807) is 18.2 Å². The summed E-state index contributed by atoms with van der Waals surface area (Å²) in [4.78, 5) is 22.4. The Morgan fingerprint density at radius 3 is 2.33 bits per heavy atom. The first-order valence-electron chi connectivity index (χ1n) is 7.32. The van der Waals surface area contributed by atoms with Gasteiger partial charge >= 0.3 is 5.97 Å². The van der Waals surface area contributed by atoms with Gasteiger partial charge in [0.05, 0.1) is 5.56 Å². The number of unbranched alkanes of at least 4 members (excludes halogenated alkanes) is 4. The molecule has 5 nitrogen and oxygen atoms in total. The molecule has 0 bridgehead atoms. The van der Waals surface area contributed by atoms with Gasteiger partial charge in [0.25, 0.3) is 0 Å². The standard InChI is InChI=1S/C16H23NO4/c17-13(16(20)21)9-4-2-1-3-5-10-14(18)12-8-6-7-11-15(12)19/h6-8,11,13,19H,1-5,9-10,17H2,(H,20,21). The molecule has 0 aliphatic heterocycles. The molecule has 1 rings (SSSR count). The van der Waals surface area contributed by atoms with Crippen molar-refractivity contribution in [3.63, 3.8) is 0 Å². The fraction of sp³-hybridized carbons (Fsp3) is 0.500. The third-order valence-electron chi connectivity index (χ3n) is 3.44. The van der Waals surface area contributed by atoms with E-state index in [2.05, 4.69) is 0 Å². The highest BCUT2D eigenvalue weighted by molar-refractivity contribution is 5.98. The first-order valence-corrected chi connectivity index (χ1v) is 7.32. The van der Waals surface area contributed by atoms with Gasteiger partial charge < -0.3 is 15.9 Å². The summed E-state index contributed by atoms with van der Waals surface area (Å²) in [7, 11) is 0. The van der Waals surface area contributed by atoms with Crippen LogP contribution in [0.25, 0.3) is 0 Å². The van der Waals surface area contributed by atoms with Gasteiger partial charge in [-0.2, -0.15) is 0 Å². The lowest BCUT2D eigenvalue weighted by atomic mass is 10.0. The second-order valence-electron chi connectivity index (χ2n) is 5.19. The van der Waals surface area contributed by atoms with Crippen molar-refractivity contribution in [1.82, 2.24) is 0 Å². The van der Waals surface area contributed by atoms with Crippen LogP contribution < -0.4 is 5.73 Å². The number of hydrogen-bond donors (Lipinski definition) is 3.